The Morgan fingerprint density at radius 3 is 2.59 bits per heavy atom. The molecular formula is C14H21N3O4S. The molecule has 0 radical (unpaired) electrons. The van der Waals surface area contributed by atoms with E-state index in [0.29, 0.717) is 13.1 Å². The van der Waals surface area contributed by atoms with E-state index in [0.717, 1.165) is 17.4 Å². The monoisotopic (exact) mass is 327 g/mol. The number of carbonyl (C=O) groups is 1. The van der Waals surface area contributed by atoms with Gasteiger partial charge in [-0.25, -0.2) is 8.42 Å². The Morgan fingerprint density at radius 2 is 1.95 bits per heavy atom. The molecule has 0 saturated carbocycles. The highest BCUT2D eigenvalue weighted by Gasteiger charge is 2.28. The van der Waals surface area contributed by atoms with Crippen LogP contribution >= 0.6 is 0 Å². The van der Waals surface area contributed by atoms with Crippen LogP contribution in [-0.4, -0.2) is 70.4 Å². The Labute approximate surface area is 130 Å². The van der Waals surface area contributed by atoms with Gasteiger partial charge < -0.3 is 15.0 Å². The van der Waals surface area contributed by atoms with Gasteiger partial charge in [0.25, 0.3) is 0 Å². The fraction of sp³-hybridized carbons (Fsp3) is 0.500. The number of likely N-dealkylation sites (N-methyl/N-ethyl adjacent to an activating group) is 1. The van der Waals surface area contributed by atoms with Crippen LogP contribution in [-0.2, 0) is 14.8 Å². The minimum atomic E-state index is -3.77. The van der Waals surface area contributed by atoms with Crippen LogP contribution in [0.3, 0.4) is 0 Å². The van der Waals surface area contributed by atoms with Gasteiger partial charge in [-0.1, -0.05) is 12.1 Å². The number of amides is 1. The third-order valence-electron chi connectivity index (χ3n) is 3.58. The van der Waals surface area contributed by atoms with E-state index in [9.17, 15) is 13.2 Å². The molecule has 1 saturated heterocycles. The zero-order valence-electron chi connectivity index (χ0n) is 12.8. The molecule has 8 heteroatoms. The van der Waals surface area contributed by atoms with E-state index in [1.54, 1.807) is 23.1 Å². The van der Waals surface area contributed by atoms with Crippen molar-refractivity contribution in [2.24, 2.45) is 0 Å². The maximum absolute atomic E-state index is 12.6. The van der Waals surface area contributed by atoms with Crippen LogP contribution in [0.5, 0.6) is 5.75 Å². The molecule has 1 heterocycles. The number of piperazine rings is 1. The maximum atomic E-state index is 12.6. The molecule has 1 aliphatic rings. The number of hydrogen-bond donors (Lipinski definition) is 1. The minimum absolute atomic E-state index is 0.0631. The van der Waals surface area contributed by atoms with Gasteiger partial charge in [-0.2, -0.15) is 4.31 Å². The Morgan fingerprint density at radius 1 is 1.32 bits per heavy atom. The molecule has 1 aromatic rings. The summed E-state index contributed by atoms with van der Waals surface area (Å²) in [7, 11) is -0.949. The predicted molar refractivity (Wildman–Crippen MR) is 82.3 cm³/mol. The van der Waals surface area contributed by atoms with Crippen molar-refractivity contribution >= 4 is 15.9 Å². The molecule has 1 aromatic carbocycles. The summed E-state index contributed by atoms with van der Waals surface area (Å²) in [4.78, 5) is 13.9. The third-order valence-corrected chi connectivity index (χ3v) is 5.43. The Hall–Kier alpha value is -1.64. The lowest BCUT2D eigenvalue weighted by Crippen LogP contribution is -2.49. The number of carbonyl (C=O) groups excluding carboxylic acids is 1. The largest absolute Gasteiger partial charge is 0.495 e. The third kappa shape index (κ3) is 3.57. The summed E-state index contributed by atoms with van der Waals surface area (Å²) in [6.07, 6.45) is 0. The number of nitrogens with one attached hydrogen (secondary N) is 1. The van der Waals surface area contributed by atoms with Crippen LogP contribution in [0, 0.1) is 0 Å². The lowest BCUT2D eigenvalue weighted by Gasteiger charge is -2.29. The highest BCUT2D eigenvalue weighted by atomic mass is 32.2. The first-order chi connectivity index (χ1) is 10.5. The van der Waals surface area contributed by atoms with Crippen molar-refractivity contribution in [1.29, 1.82) is 0 Å². The first-order valence-corrected chi connectivity index (χ1v) is 8.48. The molecule has 1 aliphatic heterocycles. The number of sulfonamides is 1. The quantitative estimate of drug-likeness (QED) is 0.807. The van der Waals surface area contributed by atoms with Crippen molar-refractivity contribution in [3.63, 3.8) is 0 Å². The Balaban J connectivity index is 2.13. The van der Waals surface area contributed by atoms with Gasteiger partial charge in [0.15, 0.2) is 0 Å². The lowest BCUT2D eigenvalue weighted by molar-refractivity contribution is -0.131. The van der Waals surface area contributed by atoms with Gasteiger partial charge in [0.1, 0.15) is 10.6 Å². The van der Waals surface area contributed by atoms with Crippen LogP contribution in [0.2, 0.25) is 0 Å². The van der Waals surface area contributed by atoms with E-state index in [1.807, 2.05) is 0 Å². The van der Waals surface area contributed by atoms with Crippen molar-refractivity contribution < 1.29 is 17.9 Å². The molecule has 7 nitrogen and oxygen atoms in total. The van der Waals surface area contributed by atoms with Gasteiger partial charge in [-0.15, -0.1) is 0 Å². The second-order valence-electron chi connectivity index (χ2n) is 5.04. The normalized spacial score (nSPS) is 15.9. The molecule has 0 bridgehead atoms. The molecule has 0 atom stereocenters. The van der Waals surface area contributed by atoms with Gasteiger partial charge in [0.05, 0.1) is 13.7 Å². The summed E-state index contributed by atoms with van der Waals surface area (Å²) in [5.41, 5.74) is 0. The summed E-state index contributed by atoms with van der Waals surface area (Å²) < 4.78 is 31.3. The van der Waals surface area contributed by atoms with E-state index in [-0.39, 0.29) is 23.1 Å². The van der Waals surface area contributed by atoms with Crippen molar-refractivity contribution in [2.45, 2.75) is 4.90 Å². The van der Waals surface area contributed by atoms with E-state index in [2.05, 4.69) is 5.32 Å². The van der Waals surface area contributed by atoms with E-state index in [4.69, 9.17) is 4.74 Å². The summed E-state index contributed by atoms with van der Waals surface area (Å²) in [5.74, 6) is 0.0754. The highest BCUT2D eigenvalue weighted by molar-refractivity contribution is 7.89. The van der Waals surface area contributed by atoms with E-state index < -0.39 is 10.0 Å². The molecule has 22 heavy (non-hydrogen) atoms. The first kappa shape index (κ1) is 16.7. The van der Waals surface area contributed by atoms with Crippen LogP contribution < -0.4 is 10.1 Å². The molecule has 0 unspecified atom stereocenters. The second kappa shape index (κ2) is 7.08. The average Bonchev–Trinajstić information content (AvgIpc) is 2.55. The standard InChI is InChI=1S/C14H21N3O4S/c1-16(11-14(18)17-9-7-15-8-10-17)22(19,20)13-6-4-3-5-12(13)21-2/h3-6,15H,7-11H2,1-2H3. The fourth-order valence-electron chi connectivity index (χ4n) is 2.29. The number of methoxy groups -OCH3 is 1. The summed E-state index contributed by atoms with van der Waals surface area (Å²) in [5, 5.41) is 3.15. The first-order valence-electron chi connectivity index (χ1n) is 7.04. The average molecular weight is 327 g/mol. The molecule has 0 aliphatic carbocycles. The van der Waals surface area contributed by atoms with Crippen LogP contribution in [0.15, 0.2) is 29.2 Å². The van der Waals surface area contributed by atoms with E-state index in [1.165, 1.54) is 20.2 Å². The Kier molecular flexibility index (Phi) is 5.38. The second-order valence-corrected chi connectivity index (χ2v) is 7.06. The smallest absolute Gasteiger partial charge is 0.246 e. The number of hydrogen-bond acceptors (Lipinski definition) is 5. The van der Waals surface area contributed by atoms with E-state index >= 15 is 0 Å². The number of rotatable bonds is 5. The number of nitrogens with zero attached hydrogens (tertiary/aromatic N) is 2. The number of ether oxygens (including phenoxy) is 1. The van der Waals surface area contributed by atoms with Crippen molar-refractivity contribution in [3.05, 3.63) is 24.3 Å². The zero-order valence-corrected chi connectivity index (χ0v) is 13.6. The molecule has 1 fully saturated rings. The van der Waals surface area contributed by atoms with Crippen LogP contribution in [0.1, 0.15) is 0 Å². The summed E-state index contributed by atoms with van der Waals surface area (Å²) >= 11 is 0. The van der Waals surface area contributed by atoms with Gasteiger partial charge in [-0.05, 0) is 12.1 Å². The summed E-state index contributed by atoms with van der Waals surface area (Å²) in [6.45, 7) is 2.48. The molecule has 0 aromatic heterocycles. The van der Waals surface area contributed by atoms with Crippen molar-refractivity contribution in [2.75, 3.05) is 46.9 Å². The molecule has 2 rings (SSSR count). The molecular weight excluding hydrogens is 306 g/mol. The Bertz CT molecular complexity index is 627. The highest BCUT2D eigenvalue weighted by Crippen LogP contribution is 2.25. The zero-order chi connectivity index (χ0) is 16.2. The van der Waals surface area contributed by atoms with Gasteiger partial charge in [0.2, 0.25) is 15.9 Å². The van der Waals surface area contributed by atoms with Crippen LogP contribution in [0.4, 0.5) is 0 Å². The topological polar surface area (TPSA) is 79.0 Å². The lowest BCUT2D eigenvalue weighted by atomic mass is 10.3. The predicted octanol–water partition coefficient (Wildman–Crippen LogP) is -0.252. The fourth-order valence-corrected chi connectivity index (χ4v) is 3.56. The van der Waals surface area contributed by atoms with Crippen molar-refractivity contribution in [3.8, 4) is 5.75 Å². The van der Waals surface area contributed by atoms with Crippen molar-refractivity contribution in [1.82, 2.24) is 14.5 Å². The molecule has 0 spiro atoms. The molecule has 1 amide bonds. The number of para-hydroxylation sites is 1. The number of benzene rings is 1. The van der Waals surface area contributed by atoms with Crippen LogP contribution in [0.25, 0.3) is 0 Å². The SMILES string of the molecule is COc1ccccc1S(=O)(=O)N(C)CC(=O)N1CCNCC1. The minimum Gasteiger partial charge on any atom is -0.495 e. The van der Waals surface area contributed by atoms with Gasteiger partial charge >= 0.3 is 0 Å². The van der Waals surface area contributed by atoms with Gasteiger partial charge in [0, 0.05) is 33.2 Å². The molecule has 122 valence electrons. The van der Waals surface area contributed by atoms with Gasteiger partial charge in [-0.3, -0.25) is 4.79 Å². The molecule has 1 N–H and O–H groups in total. The summed E-state index contributed by atoms with van der Waals surface area (Å²) in [6, 6.07) is 6.38. The maximum Gasteiger partial charge on any atom is 0.246 e.